The minimum absolute atomic E-state index is 0.933. The summed E-state index contributed by atoms with van der Waals surface area (Å²) in [5.74, 6) is 0. The van der Waals surface area contributed by atoms with Crippen molar-refractivity contribution in [1.29, 1.82) is 0 Å². The molecule has 0 fully saturated rings. The molecule has 0 saturated carbocycles. The quantitative estimate of drug-likeness (QED) is 0.562. The van der Waals surface area contributed by atoms with Gasteiger partial charge in [-0.3, -0.25) is 0 Å². The van der Waals surface area contributed by atoms with Crippen molar-refractivity contribution in [3.05, 3.63) is 79.0 Å². The van der Waals surface area contributed by atoms with E-state index >= 15 is 0 Å². The molecule has 0 amide bonds. The van der Waals surface area contributed by atoms with E-state index < -0.39 is 0 Å². The average molecular weight is 273 g/mol. The van der Waals surface area contributed by atoms with Crippen LogP contribution in [0.2, 0.25) is 0 Å². The average Bonchev–Trinajstić information content (AvgIpc) is 3.11. The highest BCUT2D eigenvalue weighted by Crippen LogP contribution is 2.18. The van der Waals surface area contributed by atoms with Gasteiger partial charge in [0.15, 0.2) is 0 Å². The monoisotopic (exact) mass is 273 g/mol. The highest BCUT2D eigenvalue weighted by Gasteiger charge is 2.02. The third-order valence-corrected chi connectivity index (χ3v) is 3.96. The number of hydrogen-bond donors (Lipinski definition) is 1. The molecule has 1 radical (unpaired) electrons. The van der Waals surface area contributed by atoms with Crippen molar-refractivity contribution in [2.45, 2.75) is 13.0 Å². The Morgan fingerprint density at radius 1 is 0.905 bits per heavy atom. The Hall–Kier alpha value is -2.48. The summed E-state index contributed by atoms with van der Waals surface area (Å²) in [4.78, 5) is 3.47. The van der Waals surface area contributed by atoms with E-state index in [9.17, 15) is 0 Å². The van der Waals surface area contributed by atoms with Crippen molar-refractivity contribution in [2.75, 3.05) is 0 Å². The molecule has 0 saturated heterocycles. The third kappa shape index (κ3) is 2.33. The fourth-order valence-corrected chi connectivity index (χ4v) is 2.90. The molecular weight excluding hydrogens is 256 g/mol. The second-order valence-corrected chi connectivity index (χ2v) is 5.40. The van der Waals surface area contributed by atoms with Gasteiger partial charge < -0.3 is 9.55 Å². The summed E-state index contributed by atoms with van der Waals surface area (Å²) in [7, 11) is 0. The molecule has 2 heterocycles. The van der Waals surface area contributed by atoms with Gasteiger partial charge in [-0.15, -0.1) is 0 Å². The first-order valence-corrected chi connectivity index (χ1v) is 7.32. The van der Waals surface area contributed by atoms with Crippen molar-refractivity contribution < 1.29 is 0 Å². The highest BCUT2D eigenvalue weighted by atomic mass is 14.9. The lowest BCUT2D eigenvalue weighted by Crippen LogP contribution is -1.98. The van der Waals surface area contributed by atoms with E-state index in [1.54, 1.807) is 0 Å². The van der Waals surface area contributed by atoms with Gasteiger partial charge in [0, 0.05) is 29.5 Å². The number of rotatable bonds is 4. The highest BCUT2D eigenvalue weighted by molar-refractivity contribution is 5.80. The fraction of sp³-hybridized carbons (Fsp3) is 0.105. The lowest BCUT2D eigenvalue weighted by Gasteiger charge is -2.04. The Bertz CT molecular complexity index is 850. The molecule has 0 bridgehead atoms. The smallest absolute Gasteiger partial charge is 0.0480 e. The minimum Gasteiger partial charge on any atom is -0.358 e. The van der Waals surface area contributed by atoms with E-state index in [0.717, 1.165) is 13.0 Å². The topological polar surface area (TPSA) is 20.7 Å². The maximum absolute atomic E-state index is 3.47. The van der Waals surface area contributed by atoms with Crippen LogP contribution in [0.15, 0.2) is 66.9 Å². The first kappa shape index (κ1) is 12.3. The Morgan fingerprint density at radius 3 is 2.62 bits per heavy atom. The maximum Gasteiger partial charge on any atom is 0.0480 e. The van der Waals surface area contributed by atoms with Crippen LogP contribution in [-0.2, 0) is 13.0 Å². The molecule has 0 aliphatic rings. The molecule has 2 aromatic heterocycles. The number of benzene rings is 2. The van der Waals surface area contributed by atoms with Gasteiger partial charge in [0.1, 0.15) is 0 Å². The van der Waals surface area contributed by atoms with Crippen LogP contribution >= 0.6 is 0 Å². The number of para-hydroxylation sites is 2. The molecule has 0 unspecified atom stereocenters. The second kappa shape index (κ2) is 5.13. The van der Waals surface area contributed by atoms with Gasteiger partial charge in [-0.05, 0) is 47.9 Å². The molecule has 21 heavy (non-hydrogen) atoms. The molecule has 1 N–H and O–H groups in total. The summed E-state index contributed by atoms with van der Waals surface area (Å²) in [6, 6.07) is 21.3. The number of fused-ring (bicyclic) bond motifs is 2. The first-order valence-electron chi connectivity index (χ1n) is 7.32. The Labute approximate surface area is 124 Å². The first-order chi connectivity index (χ1) is 10.4. The summed E-state index contributed by atoms with van der Waals surface area (Å²) in [5.41, 5.74) is 3.78. The van der Waals surface area contributed by atoms with Crippen LogP contribution in [0.4, 0.5) is 0 Å². The number of nitrogens with zero attached hydrogens (tertiary/aromatic N) is 1. The molecule has 2 heteroatoms. The predicted molar refractivity (Wildman–Crippen MR) is 88.2 cm³/mol. The molecular formula is C19H17N2. The summed E-state index contributed by atoms with van der Waals surface area (Å²) in [5, 5.41) is 2.59. The van der Waals surface area contributed by atoms with E-state index in [1.807, 2.05) is 0 Å². The fourth-order valence-electron chi connectivity index (χ4n) is 2.90. The zero-order valence-corrected chi connectivity index (χ0v) is 11.8. The molecule has 2 aromatic carbocycles. The van der Waals surface area contributed by atoms with Crippen LogP contribution in [0.25, 0.3) is 21.8 Å². The van der Waals surface area contributed by atoms with Crippen molar-refractivity contribution in [2.24, 2.45) is 0 Å². The van der Waals surface area contributed by atoms with Crippen LogP contribution < -0.4 is 0 Å². The van der Waals surface area contributed by atoms with Crippen molar-refractivity contribution in [3.63, 3.8) is 0 Å². The largest absolute Gasteiger partial charge is 0.358 e. The molecule has 2 nitrogen and oxygen atoms in total. The number of aromatic nitrogens is 2. The van der Waals surface area contributed by atoms with Crippen LogP contribution in [0.3, 0.4) is 0 Å². The van der Waals surface area contributed by atoms with Crippen LogP contribution in [0.1, 0.15) is 5.69 Å². The Morgan fingerprint density at radius 2 is 1.71 bits per heavy atom. The summed E-state index contributed by atoms with van der Waals surface area (Å²) < 4.78 is 2.29. The molecule has 0 aliphatic carbocycles. The molecule has 0 aliphatic heterocycles. The number of nitrogens with one attached hydrogen (secondary N) is 1. The predicted octanol–water partition coefficient (Wildman–Crippen LogP) is 4.57. The van der Waals surface area contributed by atoms with E-state index in [4.69, 9.17) is 0 Å². The number of H-pyrrole nitrogens is 1. The van der Waals surface area contributed by atoms with Crippen LogP contribution in [0.5, 0.6) is 0 Å². The van der Waals surface area contributed by atoms with Crippen molar-refractivity contribution >= 4 is 21.8 Å². The van der Waals surface area contributed by atoms with Gasteiger partial charge in [0.2, 0.25) is 0 Å². The molecule has 0 spiro atoms. The lowest BCUT2D eigenvalue weighted by atomic mass is 10.2. The van der Waals surface area contributed by atoms with Gasteiger partial charge >= 0.3 is 0 Å². The standard InChI is InChI=1S/C19H17N2/c1-3-9-18-16(7-1)14-17(20-18)8-5-12-21-13-11-15-6-2-4-10-19(15)21/h1-7,9-11,13-14,20H,8,12H2. The van der Waals surface area contributed by atoms with Gasteiger partial charge in [0.05, 0.1) is 0 Å². The van der Waals surface area contributed by atoms with E-state index in [2.05, 4.69) is 82.8 Å². The van der Waals surface area contributed by atoms with Crippen LogP contribution in [-0.4, -0.2) is 9.55 Å². The maximum atomic E-state index is 3.47. The number of aromatic amines is 1. The number of hydrogen-bond acceptors (Lipinski definition) is 0. The Balaban J connectivity index is 1.47. The van der Waals surface area contributed by atoms with Crippen molar-refractivity contribution in [3.8, 4) is 0 Å². The normalized spacial score (nSPS) is 11.4. The zero-order chi connectivity index (χ0) is 14.1. The minimum atomic E-state index is 0.933. The van der Waals surface area contributed by atoms with Gasteiger partial charge in [0.25, 0.3) is 0 Å². The second-order valence-electron chi connectivity index (χ2n) is 5.40. The van der Waals surface area contributed by atoms with E-state index in [0.29, 0.717) is 0 Å². The summed E-state index contributed by atoms with van der Waals surface area (Å²) in [6.45, 7) is 0.933. The van der Waals surface area contributed by atoms with E-state index in [1.165, 1.54) is 27.5 Å². The molecule has 4 rings (SSSR count). The van der Waals surface area contributed by atoms with Gasteiger partial charge in [-0.25, -0.2) is 0 Å². The third-order valence-electron chi connectivity index (χ3n) is 3.96. The zero-order valence-electron chi connectivity index (χ0n) is 11.8. The molecule has 103 valence electrons. The SMILES string of the molecule is [CH](Cc1cc2ccccc2[nH]1)Cn1ccc2ccccc21. The molecule has 0 atom stereocenters. The lowest BCUT2D eigenvalue weighted by molar-refractivity contribution is 0.784. The van der Waals surface area contributed by atoms with Gasteiger partial charge in [-0.2, -0.15) is 0 Å². The Kier molecular flexibility index (Phi) is 3.00. The van der Waals surface area contributed by atoms with Crippen molar-refractivity contribution in [1.82, 2.24) is 9.55 Å². The summed E-state index contributed by atoms with van der Waals surface area (Å²) in [6.07, 6.45) is 5.44. The van der Waals surface area contributed by atoms with E-state index in [-0.39, 0.29) is 0 Å². The molecule has 4 aromatic rings. The summed E-state index contributed by atoms with van der Waals surface area (Å²) >= 11 is 0. The van der Waals surface area contributed by atoms with Gasteiger partial charge in [-0.1, -0.05) is 36.4 Å². The van der Waals surface area contributed by atoms with Crippen LogP contribution in [0, 0.1) is 6.42 Å².